The van der Waals surface area contributed by atoms with Crippen LogP contribution >= 0.6 is 0 Å². The van der Waals surface area contributed by atoms with E-state index in [1.165, 1.54) is 6.92 Å². The standard InChI is InChI=1S/C18H18N2O4/c1-12(21)17-13(2)24-18(15(17)11-19)20-16(22)9-6-10-23-14-7-4-3-5-8-14/h3-5,7-8H,6,9-10H2,1-2H3,(H,20,22). The molecule has 6 nitrogen and oxygen atoms in total. The lowest BCUT2D eigenvalue weighted by molar-refractivity contribution is -0.116. The molecule has 0 unspecified atom stereocenters. The van der Waals surface area contributed by atoms with Crippen molar-refractivity contribution >= 4 is 17.6 Å². The number of para-hydroxylation sites is 1. The van der Waals surface area contributed by atoms with E-state index in [1.54, 1.807) is 6.92 Å². The fourth-order valence-electron chi connectivity index (χ4n) is 2.29. The molecule has 1 N–H and O–H groups in total. The molecule has 0 saturated heterocycles. The second-order valence-electron chi connectivity index (χ2n) is 5.22. The average molecular weight is 326 g/mol. The number of ether oxygens (including phenoxy) is 1. The molecule has 0 fully saturated rings. The molecule has 6 heteroatoms. The van der Waals surface area contributed by atoms with Crippen molar-refractivity contribution in [3.05, 3.63) is 47.2 Å². The molecule has 2 rings (SSSR count). The van der Waals surface area contributed by atoms with Gasteiger partial charge >= 0.3 is 0 Å². The molecule has 1 aromatic heterocycles. The van der Waals surface area contributed by atoms with Gasteiger partial charge in [0, 0.05) is 6.42 Å². The number of benzene rings is 1. The minimum atomic E-state index is -0.299. The lowest BCUT2D eigenvalue weighted by Crippen LogP contribution is -2.13. The van der Waals surface area contributed by atoms with Gasteiger partial charge in [0.1, 0.15) is 23.1 Å². The number of nitriles is 1. The van der Waals surface area contributed by atoms with Gasteiger partial charge in [0.15, 0.2) is 5.78 Å². The number of ketones is 1. The maximum absolute atomic E-state index is 12.0. The summed E-state index contributed by atoms with van der Waals surface area (Å²) in [5, 5.41) is 11.7. The summed E-state index contributed by atoms with van der Waals surface area (Å²) in [5.41, 5.74) is 0.272. The first kappa shape index (κ1) is 17.3. The number of amides is 1. The zero-order chi connectivity index (χ0) is 17.5. The summed E-state index contributed by atoms with van der Waals surface area (Å²) < 4.78 is 10.8. The fraction of sp³-hybridized carbons (Fsp3) is 0.278. The van der Waals surface area contributed by atoms with Crippen LogP contribution in [0.1, 0.15) is 41.4 Å². The number of hydrogen-bond acceptors (Lipinski definition) is 5. The molecule has 1 amide bonds. The number of nitrogens with one attached hydrogen (secondary N) is 1. The van der Waals surface area contributed by atoms with Gasteiger partial charge in [-0.05, 0) is 32.4 Å². The highest BCUT2D eigenvalue weighted by molar-refractivity contribution is 6.00. The minimum absolute atomic E-state index is 0.0224. The lowest BCUT2D eigenvalue weighted by atomic mass is 10.1. The van der Waals surface area contributed by atoms with Crippen molar-refractivity contribution in [2.24, 2.45) is 0 Å². The van der Waals surface area contributed by atoms with Crippen molar-refractivity contribution in [2.75, 3.05) is 11.9 Å². The first-order valence-corrected chi connectivity index (χ1v) is 7.55. The number of Topliss-reactive ketones (excluding diaryl/α,β-unsaturated/α-hetero) is 1. The molecule has 1 aromatic carbocycles. The summed E-state index contributed by atoms with van der Waals surface area (Å²) in [5.74, 6) is 0.518. The van der Waals surface area contributed by atoms with E-state index in [2.05, 4.69) is 5.32 Å². The number of carbonyl (C=O) groups is 2. The van der Waals surface area contributed by atoms with E-state index < -0.39 is 0 Å². The number of carbonyl (C=O) groups excluding carboxylic acids is 2. The third-order valence-electron chi connectivity index (χ3n) is 3.36. The van der Waals surface area contributed by atoms with E-state index >= 15 is 0 Å². The van der Waals surface area contributed by atoms with E-state index in [0.717, 1.165) is 5.75 Å². The minimum Gasteiger partial charge on any atom is -0.494 e. The van der Waals surface area contributed by atoms with Crippen LogP contribution in [0.4, 0.5) is 5.88 Å². The monoisotopic (exact) mass is 326 g/mol. The van der Waals surface area contributed by atoms with E-state index in [-0.39, 0.29) is 35.1 Å². The quantitative estimate of drug-likeness (QED) is 0.621. The van der Waals surface area contributed by atoms with Crippen molar-refractivity contribution in [1.29, 1.82) is 5.26 Å². The van der Waals surface area contributed by atoms with Crippen LogP contribution in [0.2, 0.25) is 0 Å². The fourth-order valence-corrected chi connectivity index (χ4v) is 2.29. The van der Waals surface area contributed by atoms with Crippen LogP contribution in [-0.2, 0) is 4.79 Å². The Labute approximate surface area is 140 Å². The Morgan fingerprint density at radius 1 is 1.29 bits per heavy atom. The Morgan fingerprint density at radius 3 is 2.62 bits per heavy atom. The SMILES string of the molecule is CC(=O)c1c(C)oc(NC(=O)CCCOc2ccccc2)c1C#N. The molecule has 0 spiro atoms. The Kier molecular flexibility index (Phi) is 5.74. The molecular formula is C18H18N2O4. The molecule has 2 aromatic rings. The van der Waals surface area contributed by atoms with Crippen molar-refractivity contribution in [1.82, 2.24) is 0 Å². The maximum atomic E-state index is 12.0. The molecule has 0 aliphatic carbocycles. The number of rotatable bonds is 7. The van der Waals surface area contributed by atoms with Gasteiger partial charge in [0.2, 0.25) is 11.8 Å². The Morgan fingerprint density at radius 2 is 2.00 bits per heavy atom. The topological polar surface area (TPSA) is 92.3 Å². The number of anilines is 1. The zero-order valence-corrected chi connectivity index (χ0v) is 13.6. The third-order valence-corrected chi connectivity index (χ3v) is 3.36. The lowest BCUT2D eigenvalue weighted by Gasteiger charge is -2.06. The van der Waals surface area contributed by atoms with Crippen LogP contribution in [0.25, 0.3) is 0 Å². The van der Waals surface area contributed by atoms with E-state index in [9.17, 15) is 14.9 Å². The van der Waals surface area contributed by atoms with Gasteiger partial charge in [-0.1, -0.05) is 18.2 Å². The highest BCUT2D eigenvalue weighted by Gasteiger charge is 2.22. The Balaban J connectivity index is 1.88. The number of nitrogens with zero attached hydrogens (tertiary/aromatic N) is 1. The van der Waals surface area contributed by atoms with Gasteiger partial charge in [-0.15, -0.1) is 0 Å². The van der Waals surface area contributed by atoms with Gasteiger partial charge in [-0.3, -0.25) is 14.9 Å². The van der Waals surface area contributed by atoms with E-state index in [1.807, 2.05) is 36.4 Å². The molecule has 1 heterocycles. The summed E-state index contributed by atoms with van der Waals surface area (Å²) >= 11 is 0. The van der Waals surface area contributed by atoms with Crippen molar-refractivity contribution in [3.63, 3.8) is 0 Å². The van der Waals surface area contributed by atoms with Gasteiger partial charge in [0.25, 0.3) is 0 Å². The van der Waals surface area contributed by atoms with E-state index in [4.69, 9.17) is 9.15 Å². The molecule has 0 aliphatic rings. The summed E-state index contributed by atoms with van der Waals surface area (Å²) in [6.45, 7) is 3.34. The second-order valence-corrected chi connectivity index (χ2v) is 5.22. The smallest absolute Gasteiger partial charge is 0.226 e. The molecule has 0 atom stereocenters. The summed E-state index contributed by atoms with van der Waals surface area (Å²) in [6, 6.07) is 11.2. The first-order chi connectivity index (χ1) is 11.5. The molecular weight excluding hydrogens is 308 g/mol. The van der Waals surface area contributed by atoms with Crippen LogP contribution in [-0.4, -0.2) is 18.3 Å². The summed E-state index contributed by atoms with van der Waals surface area (Å²) in [6.07, 6.45) is 0.731. The van der Waals surface area contributed by atoms with Gasteiger partial charge in [-0.25, -0.2) is 0 Å². The molecule has 124 valence electrons. The van der Waals surface area contributed by atoms with Gasteiger partial charge in [0.05, 0.1) is 12.2 Å². The van der Waals surface area contributed by atoms with Crippen LogP contribution in [0.5, 0.6) is 5.75 Å². The third kappa shape index (κ3) is 4.23. The van der Waals surface area contributed by atoms with Crippen LogP contribution in [0.3, 0.4) is 0 Å². The second kappa shape index (κ2) is 7.97. The molecule has 0 radical (unpaired) electrons. The van der Waals surface area contributed by atoms with Crippen molar-refractivity contribution in [3.8, 4) is 11.8 Å². The van der Waals surface area contributed by atoms with Crippen LogP contribution < -0.4 is 10.1 Å². The largest absolute Gasteiger partial charge is 0.494 e. The van der Waals surface area contributed by atoms with Gasteiger partial charge < -0.3 is 9.15 Å². The zero-order valence-electron chi connectivity index (χ0n) is 13.6. The van der Waals surface area contributed by atoms with Crippen LogP contribution in [0, 0.1) is 18.3 Å². The highest BCUT2D eigenvalue weighted by Crippen LogP contribution is 2.26. The molecule has 24 heavy (non-hydrogen) atoms. The molecule has 0 saturated carbocycles. The number of aryl methyl sites for hydroxylation is 1. The van der Waals surface area contributed by atoms with Crippen molar-refractivity contribution < 1.29 is 18.7 Å². The molecule has 0 bridgehead atoms. The number of hydrogen-bond donors (Lipinski definition) is 1. The van der Waals surface area contributed by atoms with Crippen molar-refractivity contribution in [2.45, 2.75) is 26.7 Å². The summed E-state index contributed by atoms with van der Waals surface area (Å²) in [4.78, 5) is 23.5. The number of furan rings is 1. The Bertz CT molecular complexity index is 772. The predicted octanol–water partition coefficient (Wildman–Crippen LogP) is 3.46. The predicted molar refractivity (Wildman–Crippen MR) is 88.0 cm³/mol. The molecule has 0 aliphatic heterocycles. The normalized spacial score (nSPS) is 10.0. The highest BCUT2D eigenvalue weighted by atomic mass is 16.5. The summed E-state index contributed by atoms with van der Waals surface area (Å²) in [7, 11) is 0. The van der Waals surface area contributed by atoms with Crippen LogP contribution in [0.15, 0.2) is 34.7 Å². The maximum Gasteiger partial charge on any atom is 0.226 e. The van der Waals surface area contributed by atoms with Gasteiger partial charge in [-0.2, -0.15) is 5.26 Å². The Hall–Kier alpha value is -3.07. The first-order valence-electron chi connectivity index (χ1n) is 7.55. The van der Waals surface area contributed by atoms with E-state index in [0.29, 0.717) is 18.8 Å². The average Bonchev–Trinajstić information content (AvgIpc) is 2.87.